The van der Waals surface area contributed by atoms with Crippen molar-refractivity contribution in [2.75, 3.05) is 0 Å². The molecule has 0 radical (unpaired) electrons. The maximum Gasteiger partial charge on any atom is 0.169 e. The molecule has 2 rings (SSSR count). The lowest BCUT2D eigenvalue weighted by atomic mass is 9.65. The number of hydrogen-bond donors (Lipinski definition) is 0. The first kappa shape index (κ1) is 15.5. The quantitative estimate of drug-likeness (QED) is 0.668. The van der Waals surface area contributed by atoms with Gasteiger partial charge in [0.25, 0.3) is 0 Å². The van der Waals surface area contributed by atoms with E-state index in [1.165, 1.54) is 0 Å². The topological polar surface area (TPSA) is 17.1 Å². The van der Waals surface area contributed by atoms with Crippen LogP contribution in [-0.2, 0) is 0 Å². The lowest BCUT2D eigenvalue weighted by molar-refractivity contribution is 0.0626. The highest BCUT2D eigenvalue weighted by atomic mass is 16.1. The van der Waals surface area contributed by atoms with E-state index in [9.17, 15) is 4.79 Å². The minimum atomic E-state index is -0.419. The third-order valence-corrected chi connectivity index (χ3v) is 4.70. The monoisotopic (exact) mass is 280 g/mol. The Hall–Kier alpha value is -1.89. The lowest BCUT2D eigenvalue weighted by Gasteiger charge is -2.37. The van der Waals surface area contributed by atoms with Gasteiger partial charge in [0.2, 0.25) is 0 Å². The van der Waals surface area contributed by atoms with Crippen LogP contribution >= 0.6 is 0 Å². The summed E-state index contributed by atoms with van der Waals surface area (Å²) >= 11 is 0. The first-order valence-electron chi connectivity index (χ1n) is 7.44. The molecule has 21 heavy (non-hydrogen) atoms. The molecule has 0 heterocycles. The molecule has 110 valence electrons. The zero-order chi connectivity index (χ0) is 15.7. The molecule has 0 saturated heterocycles. The zero-order valence-electron chi connectivity index (χ0n) is 13.6. The fourth-order valence-electron chi connectivity index (χ4n) is 2.23. The largest absolute Gasteiger partial charge is 0.294 e. The average Bonchev–Trinajstić information content (AvgIpc) is 2.46. The molecule has 0 N–H and O–H groups in total. The maximum absolute atomic E-state index is 13.1. The SMILES string of the molecule is CC(C)(C)C(C)(C)C(=O)c1ccccc1-c1ccccc1. The standard InChI is InChI=1S/C20H24O/c1-19(2,3)20(4,5)18(21)17-14-10-9-13-16(17)15-11-7-6-8-12-15/h6-14H,1-5H3. The summed E-state index contributed by atoms with van der Waals surface area (Å²) in [5, 5.41) is 0. The number of carbonyl (C=O) groups is 1. The summed E-state index contributed by atoms with van der Waals surface area (Å²) in [5.41, 5.74) is 2.40. The van der Waals surface area contributed by atoms with Crippen LogP contribution in [0, 0.1) is 10.8 Å². The van der Waals surface area contributed by atoms with E-state index >= 15 is 0 Å². The first-order chi connectivity index (χ1) is 9.75. The Morgan fingerprint density at radius 3 is 1.86 bits per heavy atom. The van der Waals surface area contributed by atoms with E-state index in [1.807, 2.05) is 56.3 Å². The van der Waals surface area contributed by atoms with E-state index < -0.39 is 5.41 Å². The van der Waals surface area contributed by atoms with E-state index in [0.29, 0.717) is 0 Å². The Kier molecular flexibility index (Phi) is 4.04. The summed E-state index contributed by atoms with van der Waals surface area (Å²) in [7, 11) is 0. The molecule has 0 unspecified atom stereocenters. The van der Waals surface area contributed by atoms with Crippen molar-refractivity contribution < 1.29 is 4.79 Å². The highest BCUT2D eigenvalue weighted by molar-refractivity contribution is 6.05. The Morgan fingerprint density at radius 1 is 0.762 bits per heavy atom. The van der Waals surface area contributed by atoms with Crippen molar-refractivity contribution in [2.24, 2.45) is 10.8 Å². The van der Waals surface area contributed by atoms with Crippen LogP contribution < -0.4 is 0 Å². The van der Waals surface area contributed by atoms with Gasteiger partial charge in [-0.05, 0) is 16.5 Å². The molecule has 2 aromatic carbocycles. The van der Waals surface area contributed by atoms with Gasteiger partial charge in [-0.15, -0.1) is 0 Å². The van der Waals surface area contributed by atoms with Crippen molar-refractivity contribution in [3.63, 3.8) is 0 Å². The fourth-order valence-corrected chi connectivity index (χ4v) is 2.23. The predicted octanol–water partition coefficient (Wildman–Crippen LogP) is 5.61. The van der Waals surface area contributed by atoms with Crippen LogP contribution in [0.4, 0.5) is 0 Å². The van der Waals surface area contributed by atoms with Crippen molar-refractivity contribution in [2.45, 2.75) is 34.6 Å². The molecule has 0 saturated carbocycles. The molecule has 0 aliphatic rings. The number of Topliss-reactive ketones (excluding diaryl/α,β-unsaturated/α-hetero) is 1. The minimum Gasteiger partial charge on any atom is -0.294 e. The van der Waals surface area contributed by atoms with Crippen LogP contribution in [0.2, 0.25) is 0 Å². The summed E-state index contributed by atoms with van der Waals surface area (Å²) in [6.45, 7) is 10.4. The number of carbonyl (C=O) groups excluding carboxylic acids is 1. The predicted molar refractivity (Wildman–Crippen MR) is 89.4 cm³/mol. The molecule has 1 nitrogen and oxygen atoms in total. The number of rotatable bonds is 3. The highest BCUT2D eigenvalue weighted by Gasteiger charge is 2.40. The molecular formula is C20H24O. The molecule has 0 aliphatic carbocycles. The second-order valence-corrected chi connectivity index (χ2v) is 7.12. The highest BCUT2D eigenvalue weighted by Crippen LogP contribution is 2.42. The Labute approximate surface area is 128 Å². The smallest absolute Gasteiger partial charge is 0.169 e. The van der Waals surface area contributed by atoms with Crippen molar-refractivity contribution in [3.05, 3.63) is 60.2 Å². The third-order valence-electron chi connectivity index (χ3n) is 4.70. The van der Waals surface area contributed by atoms with Gasteiger partial charge in [-0.2, -0.15) is 0 Å². The van der Waals surface area contributed by atoms with Gasteiger partial charge >= 0.3 is 0 Å². The number of ketones is 1. The van der Waals surface area contributed by atoms with E-state index in [1.54, 1.807) is 0 Å². The van der Waals surface area contributed by atoms with Crippen LogP contribution in [0.25, 0.3) is 11.1 Å². The second-order valence-electron chi connectivity index (χ2n) is 7.12. The second kappa shape index (κ2) is 5.48. The van der Waals surface area contributed by atoms with E-state index in [0.717, 1.165) is 16.7 Å². The molecule has 0 bridgehead atoms. The van der Waals surface area contributed by atoms with Crippen molar-refractivity contribution in [3.8, 4) is 11.1 Å². The van der Waals surface area contributed by atoms with Gasteiger partial charge in [-0.3, -0.25) is 4.79 Å². The number of benzene rings is 2. The van der Waals surface area contributed by atoms with Gasteiger partial charge in [-0.1, -0.05) is 89.2 Å². The van der Waals surface area contributed by atoms with Crippen LogP contribution in [-0.4, -0.2) is 5.78 Å². The third kappa shape index (κ3) is 2.92. The summed E-state index contributed by atoms with van der Waals surface area (Å²) in [5.74, 6) is 0.203. The van der Waals surface area contributed by atoms with Gasteiger partial charge in [0.15, 0.2) is 5.78 Å². The van der Waals surface area contributed by atoms with Crippen molar-refractivity contribution in [1.29, 1.82) is 0 Å². The normalized spacial score (nSPS) is 12.2. The van der Waals surface area contributed by atoms with Crippen LogP contribution in [0.3, 0.4) is 0 Å². The zero-order valence-corrected chi connectivity index (χ0v) is 13.6. The van der Waals surface area contributed by atoms with Gasteiger partial charge in [0, 0.05) is 11.0 Å². The van der Waals surface area contributed by atoms with Crippen LogP contribution in [0.15, 0.2) is 54.6 Å². The van der Waals surface area contributed by atoms with Crippen molar-refractivity contribution in [1.82, 2.24) is 0 Å². The minimum absolute atomic E-state index is 0.0894. The maximum atomic E-state index is 13.1. The molecule has 0 aromatic heterocycles. The fraction of sp³-hybridized carbons (Fsp3) is 0.350. The van der Waals surface area contributed by atoms with Crippen LogP contribution in [0.5, 0.6) is 0 Å². The van der Waals surface area contributed by atoms with Gasteiger partial charge in [0.1, 0.15) is 0 Å². The van der Waals surface area contributed by atoms with Crippen molar-refractivity contribution >= 4 is 5.78 Å². The molecule has 2 aromatic rings. The van der Waals surface area contributed by atoms with Crippen LogP contribution in [0.1, 0.15) is 45.0 Å². The Morgan fingerprint density at radius 2 is 1.29 bits per heavy atom. The summed E-state index contributed by atoms with van der Waals surface area (Å²) in [6.07, 6.45) is 0. The molecule has 0 amide bonds. The Balaban J connectivity index is 2.54. The van der Waals surface area contributed by atoms with Gasteiger partial charge in [-0.25, -0.2) is 0 Å². The molecule has 0 fully saturated rings. The summed E-state index contributed by atoms with van der Waals surface area (Å²) in [6, 6.07) is 18.0. The number of hydrogen-bond acceptors (Lipinski definition) is 1. The summed E-state index contributed by atoms with van der Waals surface area (Å²) in [4.78, 5) is 13.1. The lowest BCUT2D eigenvalue weighted by Crippen LogP contribution is -2.37. The molecule has 0 aliphatic heterocycles. The van der Waals surface area contributed by atoms with E-state index in [2.05, 4.69) is 32.9 Å². The van der Waals surface area contributed by atoms with Gasteiger partial charge < -0.3 is 0 Å². The Bertz CT molecular complexity index is 630. The summed E-state index contributed by atoms with van der Waals surface area (Å²) < 4.78 is 0. The van der Waals surface area contributed by atoms with E-state index in [4.69, 9.17) is 0 Å². The molecule has 0 spiro atoms. The first-order valence-corrected chi connectivity index (χ1v) is 7.44. The average molecular weight is 280 g/mol. The molecule has 1 heteroatoms. The van der Waals surface area contributed by atoms with E-state index in [-0.39, 0.29) is 11.2 Å². The van der Waals surface area contributed by atoms with Gasteiger partial charge in [0.05, 0.1) is 0 Å². The molecular weight excluding hydrogens is 256 g/mol. The molecule has 0 atom stereocenters.